The van der Waals surface area contributed by atoms with Crippen LogP contribution in [0.3, 0.4) is 0 Å². The molecular formula is C46H64N2O4. The second-order valence-electron chi connectivity index (χ2n) is 14.3. The lowest BCUT2D eigenvalue weighted by Crippen LogP contribution is -2.03. The normalized spacial score (nSPS) is 11.2. The van der Waals surface area contributed by atoms with Gasteiger partial charge in [0.1, 0.15) is 11.5 Å². The van der Waals surface area contributed by atoms with Crippen molar-refractivity contribution in [2.24, 2.45) is 0 Å². The summed E-state index contributed by atoms with van der Waals surface area (Å²) in [5.74, 6) is 1.39. The molecule has 0 aliphatic rings. The Balaban J connectivity index is 1.14. The Hall–Kier alpha value is -4.06. The van der Waals surface area contributed by atoms with Crippen LogP contribution in [0, 0.1) is 0 Å². The van der Waals surface area contributed by atoms with Crippen molar-refractivity contribution in [3.63, 3.8) is 0 Å². The van der Waals surface area contributed by atoms with E-state index in [1.807, 2.05) is 60.7 Å². The molecule has 6 nitrogen and oxygen atoms in total. The molecule has 0 radical (unpaired) electrons. The summed E-state index contributed by atoms with van der Waals surface area (Å²) in [4.78, 5) is 32.9. The molecule has 6 heteroatoms. The van der Waals surface area contributed by atoms with E-state index in [-0.39, 0.29) is 11.6 Å². The van der Waals surface area contributed by atoms with Gasteiger partial charge in [-0.2, -0.15) is 0 Å². The maximum Gasteiger partial charge on any atom is 0.209 e. The predicted octanol–water partition coefficient (Wildman–Crippen LogP) is 13.1. The van der Waals surface area contributed by atoms with Gasteiger partial charge in [0.15, 0.2) is 0 Å². The molecule has 2 aromatic heterocycles. The summed E-state index contributed by atoms with van der Waals surface area (Å²) < 4.78 is 11.9. The number of unbranched alkanes of at least 4 members (excludes halogenated alkanes) is 18. The lowest BCUT2D eigenvalue weighted by Gasteiger charge is -2.07. The maximum atomic E-state index is 13.2. The Bertz CT molecular complexity index is 1430. The van der Waals surface area contributed by atoms with Gasteiger partial charge in [0.2, 0.25) is 11.6 Å². The van der Waals surface area contributed by atoms with Gasteiger partial charge in [0.05, 0.1) is 36.0 Å². The Morgan fingerprint density at radius 2 is 0.712 bits per heavy atom. The number of hydrogen-bond donors (Lipinski definition) is 2. The highest BCUT2D eigenvalue weighted by molar-refractivity contribution is 6.09. The number of hydrogen-bond acceptors (Lipinski definition) is 4. The van der Waals surface area contributed by atoms with Crippen molar-refractivity contribution in [3.8, 4) is 22.9 Å². The number of ether oxygens (including phenoxy) is 2. The molecule has 0 aliphatic carbocycles. The zero-order chi connectivity index (χ0) is 36.6. The van der Waals surface area contributed by atoms with Crippen LogP contribution in [0.15, 0.2) is 72.8 Å². The topological polar surface area (TPSA) is 84.2 Å². The smallest absolute Gasteiger partial charge is 0.209 e. The molecule has 0 atom stereocenters. The van der Waals surface area contributed by atoms with E-state index >= 15 is 0 Å². The van der Waals surface area contributed by atoms with Gasteiger partial charge < -0.3 is 19.4 Å². The van der Waals surface area contributed by atoms with Crippen LogP contribution in [0.1, 0.15) is 174 Å². The molecule has 0 bridgehead atoms. The number of aromatic amines is 2. The van der Waals surface area contributed by atoms with Gasteiger partial charge in [0, 0.05) is 11.1 Å². The van der Waals surface area contributed by atoms with Gasteiger partial charge in [-0.1, -0.05) is 129 Å². The van der Waals surface area contributed by atoms with Crippen molar-refractivity contribution >= 4 is 11.6 Å². The number of carbonyl (C=O) groups excluding carboxylic acids is 2. The van der Waals surface area contributed by atoms with Gasteiger partial charge in [-0.3, -0.25) is 9.59 Å². The number of H-pyrrole nitrogens is 2. The van der Waals surface area contributed by atoms with E-state index in [1.54, 1.807) is 12.1 Å². The van der Waals surface area contributed by atoms with Crippen molar-refractivity contribution in [2.75, 3.05) is 13.2 Å². The average Bonchev–Trinajstić information content (AvgIpc) is 3.87. The second-order valence-corrected chi connectivity index (χ2v) is 14.3. The van der Waals surface area contributed by atoms with Crippen LogP contribution in [0.4, 0.5) is 0 Å². The molecular weight excluding hydrogens is 645 g/mol. The van der Waals surface area contributed by atoms with Gasteiger partial charge in [-0.25, -0.2) is 0 Å². The Kier molecular flexibility index (Phi) is 19.0. The Morgan fingerprint density at radius 3 is 1.04 bits per heavy atom. The first-order valence-electron chi connectivity index (χ1n) is 20.5. The SMILES string of the molecule is CCCCCCCCCCCCOc1ccc(C(=O)c2ccc(-c3ccc(C(=O)c4ccc(OCCCCCCCCCCCC)cc4)[nH]3)[nH]2)cc1. The summed E-state index contributed by atoms with van der Waals surface area (Å²) in [6.45, 7) is 5.92. The predicted molar refractivity (Wildman–Crippen MR) is 215 cm³/mol. The molecule has 0 saturated carbocycles. The number of carbonyl (C=O) groups is 2. The summed E-state index contributed by atoms with van der Waals surface area (Å²) >= 11 is 0. The van der Waals surface area contributed by atoms with Crippen LogP contribution in [0.5, 0.6) is 11.5 Å². The van der Waals surface area contributed by atoms with E-state index < -0.39 is 0 Å². The van der Waals surface area contributed by atoms with Gasteiger partial charge >= 0.3 is 0 Å². The highest BCUT2D eigenvalue weighted by atomic mass is 16.5. The monoisotopic (exact) mass is 708 g/mol. The van der Waals surface area contributed by atoms with Gasteiger partial charge in [-0.05, 0) is 85.6 Å². The fraction of sp³-hybridized carbons (Fsp3) is 0.522. The van der Waals surface area contributed by atoms with E-state index in [0.717, 1.165) is 35.7 Å². The van der Waals surface area contributed by atoms with Gasteiger partial charge in [-0.15, -0.1) is 0 Å². The van der Waals surface area contributed by atoms with Crippen molar-refractivity contribution < 1.29 is 19.1 Å². The van der Waals surface area contributed by atoms with Crippen molar-refractivity contribution in [3.05, 3.63) is 95.3 Å². The summed E-state index contributed by atoms with van der Waals surface area (Å²) in [6, 6.07) is 22.0. The Labute approximate surface area is 313 Å². The van der Waals surface area contributed by atoms with Crippen LogP contribution in [-0.2, 0) is 0 Å². The van der Waals surface area contributed by atoms with E-state index in [4.69, 9.17) is 9.47 Å². The van der Waals surface area contributed by atoms with Crippen molar-refractivity contribution in [1.82, 2.24) is 9.97 Å². The standard InChI is InChI=1S/C46H64N2O4/c1-3-5-7-9-11-13-15-17-19-21-35-51-39-27-23-37(24-28-39)45(49)43-33-31-41(47-43)42-32-34-44(48-42)46(50)38-25-29-40(30-26-38)52-36-22-20-18-16-14-12-10-8-6-4-2/h23-34,47-48H,3-22,35-36H2,1-2H3. The molecule has 2 heterocycles. The van der Waals surface area contributed by atoms with Gasteiger partial charge in [0.25, 0.3) is 0 Å². The number of ketones is 2. The Morgan fingerprint density at radius 1 is 0.404 bits per heavy atom. The summed E-state index contributed by atoms with van der Waals surface area (Å²) in [5, 5.41) is 0. The maximum absolute atomic E-state index is 13.2. The van der Waals surface area contributed by atoms with Crippen LogP contribution in [-0.4, -0.2) is 34.7 Å². The number of benzene rings is 2. The molecule has 0 unspecified atom stereocenters. The molecule has 0 aliphatic heterocycles. The second kappa shape index (κ2) is 24.2. The molecule has 4 rings (SSSR count). The van der Waals surface area contributed by atoms with E-state index in [2.05, 4.69) is 23.8 Å². The zero-order valence-electron chi connectivity index (χ0n) is 32.1. The molecule has 2 N–H and O–H groups in total. The minimum absolute atomic E-state index is 0.0918. The lowest BCUT2D eigenvalue weighted by molar-refractivity contribution is 0.102. The highest BCUT2D eigenvalue weighted by Crippen LogP contribution is 2.23. The molecule has 0 saturated heterocycles. The van der Waals surface area contributed by atoms with Crippen LogP contribution in [0.2, 0.25) is 0 Å². The van der Waals surface area contributed by atoms with Crippen LogP contribution < -0.4 is 9.47 Å². The fourth-order valence-corrected chi connectivity index (χ4v) is 6.64. The zero-order valence-corrected chi connectivity index (χ0v) is 32.1. The quantitative estimate of drug-likeness (QED) is 0.0434. The summed E-state index contributed by atoms with van der Waals surface area (Å²) in [7, 11) is 0. The lowest BCUT2D eigenvalue weighted by atomic mass is 10.1. The molecule has 0 amide bonds. The molecule has 0 spiro atoms. The summed E-state index contributed by atoms with van der Waals surface area (Å²) in [5.41, 5.74) is 3.66. The molecule has 52 heavy (non-hydrogen) atoms. The fourth-order valence-electron chi connectivity index (χ4n) is 6.64. The highest BCUT2D eigenvalue weighted by Gasteiger charge is 2.16. The van der Waals surface area contributed by atoms with E-state index in [1.165, 1.54) is 116 Å². The summed E-state index contributed by atoms with van der Waals surface area (Å²) in [6.07, 6.45) is 25.9. The first-order chi connectivity index (χ1) is 25.6. The average molecular weight is 709 g/mol. The van der Waals surface area contributed by atoms with Crippen molar-refractivity contribution in [1.29, 1.82) is 0 Å². The third kappa shape index (κ3) is 14.5. The third-order valence-corrected chi connectivity index (χ3v) is 9.92. The molecule has 282 valence electrons. The number of aromatic nitrogens is 2. The minimum Gasteiger partial charge on any atom is -0.494 e. The molecule has 2 aromatic carbocycles. The van der Waals surface area contributed by atoms with Crippen molar-refractivity contribution in [2.45, 2.75) is 142 Å². The van der Waals surface area contributed by atoms with Crippen LogP contribution >= 0.6 is 0 Å². The molecule has 0 fully saturated rings. The van der Waals surface area contributed by atoms with E-state index in [9.17, 15) is 9.59 Å². The third-order valence-electron chi connectivity index (χ3n) is 9.92. The molecule has 4 aromatic rings. The van der Waals surface area contributed by atoms with E-state index in [0.29, 0.717) is 35.7 Å². The first kappa shape index (κ1) is 40.7. The first-order valence-corrected chi connectivity index (χ1v) is 20.5. The number of rotatable bonds is 29. The number of nitrogens with one attached hydrogen (secondary N) is 2. The minimum atomic E-state index is -0.0918. The largest absolute Gasteiger partial charge is 0.494 e. The van der Waals surface area contributed by atoms with Crippen LogP contribution in [0.25, 0.3) is 11.4 Å².